The molecule has 5 N–H and O–H groups in total. The van der Waals surface area contributed by atoms with Crippen LogP contribution in [0, 0.1) is 13.8 Å². The highest BCUT2D eigenvalue weighted by Gasteiger charge is 2.08. The third-order valence-electron chi connectivity index (χ3n) is 4.06. The van der Waals surface area contributed by atoms with Crippen molar-refractivity contribution in [1.29, 1.82) is 0 Å². The number of nitrogen functional groups attached to an aromatic ring is 1. The van der Waals surface area contributed by atoms with Crippen molar-refractivity contribution in [2.24, 2.45) is 0 Å². The summed E-state index contributed by atoms with van der Waals surface area (Å²) in [5.41, 5.74) is 10.1. The average molecular weight is 343 g/mol. The predicted molar refractivity (Wildman–Crippen MR) is 99.7 cm³/mol. The van der Waals surface area contributed by atoms with E-state index in [1.54, 1.807) is 0 Å². The Morgan fingerprint density at radius 2 is 1.92 bits per heavy atom. The number of nitrogens with zero attached hydrogens (tertiary/aromatic N) is 2. The highest BCUT2D eigenvalue weighted by molar-refractivity contribution is 5.68. The lowest BCUT2D eigenvalue weighted by molar-refractivity contribution is 0.194. The Kier molecular flexibility index (Phi) is 6.56. The monoisotopic (exact) mass is 343 g/mol. The van der Waals surface area contributed by atoms with Gasteiger partial charge in [-0.25, -0.2) is 9.78 Å². The molecule has 0 unspecified atom stereocenters. The van der Waals surface area contributed by atoms with Gasteiger partial charge in [-0.2, -0.15) is 4.98 Å². The first-order valence-corrected chi connectivity index (χ1v) is 8.39. The van der Waals surface area contributed by atoms with Crippen molar-refractivity contribution in [2.45, 2.75) is 33.1 Å². The molecule has 7 heteroatoms. The zero-order valence-electron chi connectivity index (χ0n) is 14.7. The maximum absolute atomic E-state index is 10.3. The van der Waals surface area contributed by atoms with Gasteiger partial charge in [-0.05, 0) is 44.2 Å². The molecule has 0 bridgehead atoms. The average Bonchev–Trinajstić information content (AvgIpc) is 2.55. The molecule has 1 aromatic carbocycles. The number of amides is 1. The Balaban J connectivity index is 1.93. The van der Waals surface area contributed by atoms with Gasteiger partial charge < -0.3 is 21.5 Å². The number of unbranched alkanes of at least 4 members (excludes halogenated alkanes) is 2. The molecule has 0 saturated carbocycles. The van der Waals surface area contributed by atoms with E-state index in [1.807, 2.05) is 18.2 Å². The van der Waals surface area contributed by atoms with Gasteiger partial charge in [0.25, 0.3) is 0 Å². The van der Waals surface area contributed by atoms with Crippen LogP contribution in [0.3, 0.4) is 0 Å². The van der Waals surface area contributed by atoms with Gasteiger partial charge in [0.1, 0.15) is 5.82 Å². The van der Waals surface area contributed by atoms with Crippen molar-refractivity contribution in [3.8, 4) is 11.3 Å². The summed E-state index contributed by atoms with van der Waals surface area (Å²) < 4.78 is 0. The number of rotatable bonds is 8. The Hall–Kier alpha value is -2.83. The van der Waals surface area contributed by atoms with Gasteiger partial charge in [0.15, 0.2) is 0 Å². The van der Waals surface area contributed by atoms with Crippen molar-refractivity contribution in [3.63, 3.8) is 0 Å². The minimum absolute atomic E-state index is 0.242. The molecule has 0 aliphatic carbocycles. The number of hydrogen-bond acceptors (Lipinski definition) is 5. The molecular formula is C18H25N5O2. The first-order chi connectivity index (χ1) is 12.0. The van der Waals surface area contributed by atoms with Gasteiger partial charge >= 0.3 is 6.09 Å². The van der Waals surface area contributed by atoms with Gasteiger partial charge in [-0.1, -0.05) is 18.2 Å². The highest BCUT2D eigenvalue weighted by atomic mass is 16.4. The molecule has 134 valence electrons. The fraction of sp³-hybridized carbons (Fsp3) is 0.389. The standard InChI is InChI=1S/C18H25N5O2/c1-12-7-6-8-14(13(12)2)15-11-16(23-17(19)22-15)20-9-4-3-5-10-21-18(24)25/h6-8,11,21H,3-5,9-10H2,1-2H3,(H,24,25)(H3,19,20,22,23). The molecule has 0 saturated heterocycles. The molecule has 25 heavy (non-hydrogen) atoms. The van der Waals surface area contributed by atoms with E-state index >= 15 is 0 Å². The second kappa shape index (κ2) is 8.86. The van der Waals surface area contributed by atoms with E-state index in [0.717, 1.165) is 37.1 Å². The van der Waals surface area contributed by atoms with Crippen molar-refractivity contribution < 1.29 is 9.90 Å². The van der Waals surface area contributed by atoms with Crippen LogP contribution in [0.5, 0.6) is 0 Å². The Labute approximate surface area is 147 Å². The number of anilines is 2. The number of aromatic nitrogens is 2. The summed E-state index contributed by atoms with van der Waals surface area (Å²) in [4.78, 5) is 18.9. The molecule has 0 aliphatic heterocycles. The molecule has 1 amide bonds. The second-order valence-corrected chi connectivity index (χ2v) is 5.96. The van der Waals surface area contributed by atoms with Gasteiger partial charge in [-0.3, -0.25) is 0 Å². The Morgan fingerprint density at radius 1 is 1.16 bits per heavy atom. The molecule has 7 nitrogen and oxygen atoms in total. The van der Waals surface area contributed by atoms with Crippen LogP contribution in [0.25, 0.3) is 11.3 Å². The lowest BCUT2D eigenvalue weighted by Crippen LogP contribution is -2.21. The van der Waals surface area contributed by atoms with Gasteiger partial charge in [0.05, 0.1) is 5.69 Å². The molecular weight excluding hydrogens is 318 g/mol. The summed E-state index contributed by atoms with van der Waals surface area (Å²) in [5, 5.41) is 14.1. The maximum atomic E-state index is 10.3. The fourth-order valence-corrected chi connectivity index (χ4v) is 2.56. The molecule has 1 heterocycles. The van der Waals surface area contributed by atoms with Crippen LogP contribution in [0.15, 0.2) is 24.3 Å². The zero-order valence-corrected chi connectivity index (χ0v) is 14.7. The topological polar surface area (TPSA) is 113 Å². The molecule has 2 aromatic rings. The summed E-state index contributed by atoms with van der Waals surface area (Å²) in [6, 6.07) is 8.02. The summed E-state index contributed by atoms with van der Waals surface area (Å²) >= 11 is 0. The first-order valence-electron chi connectivity index (χ1n) is 8.39. The molecule has 0 radical (unpaired) electrons. The van der Waals surface area contributed by atoms with Crippen LogP contribution >= 0.6 is 0 Å². The summed E-state index contributed by atoms with van der Waals surface area (Å²) in [5.74, 6) is 0.943. The number of aryl methyl sites for hydroxylation is 1. The predicted octanol–water partition coefficient (Wildman–Crippen LogP) is 3.19. The summed E-state index contributed by atoms with van der Waals surface area (Å²) in [6.45, 7) is 5.37. The minimum atomic E-state index is -0.978. The number of nitrogens with two attached hydrogens (primary N) is 1. The molecule has 1 aromatic heterocycles. The van der Waals surface area contributed by atoms with Gasteiger partial charge in [-0.15, -0.1) is 0 Å². The maximum Gasteiger partial charge on any atom is 0.404 e. The van der Waals surface area contributed by atoms with Crippen molar-refractivity contribution in [1.82, 2.24) is 15.3 Å². The van der Waals surface area contributed by atoms with Crippen molar-refractivity contribution in [3.05, 3.63) is 35.4 Å². The van der Waals surface area contributed by atoms with Crippen molar-refractivity contribution in [2.75, 3.05) is 24.1 Å². The lowest BCUT2D eigenvalue weighted by Gasteiger charge is -2.11. The third kappa shape index (κ3) is 5.63. The van der Waals surface area contributed by atoms with E-state index in [9.17, 15) is 4.79 Å². The van der Waals surface area contributed by atoms with Crippen molar-refractivity contribution >= 4 is 17.9 Å². The molecule has 0 fully saturated rings. The minimum Gasteiger partial charge on any atom is -0.465 e. The van der Waals surface area contributed by atoms with Crippen LogP contribution in [0.1, 0.15) is 30.4 Å². The number of carboxylic acid groups (broad SMARTS) is 1. The van der Waals surface area contributed by atoms with E-state index in [4.69, 9.17) is 10.8 Å². The summed E-state index contributed by atoms with van der Waals surface area (Å²) in [6.07, 6.45) is 1.68. The van der Waals surface area contributed by atoms with Gasteiger partial charge in [0, 0.05) is 24.7 Å². The largest absolute Gasteiger partial charge is 0.465 e. The quantitative estimate of drug-likeness (QED) is 0.547. The van der Waals surface area contributed by atoms with Crippen LogP contribution < -0.4 is 16.4 Å². The molecule has 0 aliphatic rings. The number of hydrogen-bond donors (Lipinski definition) is 4. The lowest BCUT2D eigenvalue weighted by atomic mass is 10.0. The first kappa shape index (κ1) is 18.5. The number of benzene rings is 1. The van der Waals surface area contributed by atoms with Gasteiger partial charge in [0.2, 0.25) is 5.95 Å². The molecule has 2 rings (SSSR count). The van der Waals surface area contributed by atoms with Crippen LogP contribution in [-0.2, 0) is 0 Å². The normalized spacial score (nSPS) is 10.5. The van der Waals surface area contributed by atoms with E-state index in [-0.39, 0.29) is 5.95 Å². The molecule has 0 atom stereocenters. The third-order valence-corrected chi connectivity index (χ3v) is 4.06. The highest BCUT2D eigenvalue weighted by Crippen LogP contribution is 2.26. The smallest absolute Gasteiger partial charge is 0.404 e. The van der Waals surface area contributed by atoms with E-state index in [1.165, 1.54) is 11.1 Å². The van der Waals surface area contributed by atoms with E-state index in [2.05, 4.69) is 40.5 Å². The zero-order chi connectivity index (χ0) is 18.2. The fourth-order valence-electron chi connectivity index (χ4n) is 2.56. The van der Waals surface area contributed by atoms with E-state index < -0.39 is 6.09 Å². The molecule has 0 spiro atoms. The Morgan fingerprint density at radius 3 is 2.68 bits per heavy atom. The van der Waals surface area contributed by atoms with E-state index in [0.29, 0.717) is 12.4 Å². The SMILES string of the molecule is Cc1cccc(-c2cc(NCCCCCNC(=O)O)nc(N)n2)c1C. The number of nitrogens with one attached hydrogen (secondary N) is 2. The second-order valence-electron chi connectivity index (χ2n) is 5.96. The van der Waals surface area contributed by atoms with Crippen LogP contribution in [0.2, 0.25) is 0 Å². The summed E-state index contributed by atoms with van der Waals surface area (Å²) in [7, 11) is 0. The number of carbonyl (C=O) groups is 1. The van der Waals surface area contributed by atoms with Crippen LogP contribution in [-0.4, -0.2) is 34.3 Å². The Bertz CT molecular complexity index is 733. The van der Waals surface area contributed by atoms with Crippen LogP contribution in [0.4, 0.5) is 16.6 Å².